The molecule has 0 saturated carbocycles. The van der Waals surface area contributed by atoms with Crippen LogP contribution in [-0.4, -0.2) is 34.8 Å². The van der Waals surface area contributed by atoms with Crippen molar-refractivity contribution in [1.29, 1.82) is 0 Å². The second-order valence-electron chi connectivity index (χ2n) is 7.16. The summed E-state index contributed by atoms with van der Waals surface area (Å²) in [6, 6.07) is 8.91. The van der Waals surface area contributed by atoms with Crippen LogP contribution in [0.5, 0.6) is 11.5 Å². The van der Waals surface area contributed by atoms with Crippen LogP contribution in [0.15, 0.2) is 41.0 Å². The lowest BCUT2D eigenvalue weighted by Gasteiger charge is -2.22. The Morgan fingerprint density at radius 3 is 2.79 bits per heavy atom. The van der Waals surface area contributed by atoms with Crippen molar-refractivity contribution in [1.82, 2.24) is 14.7 Å². The summed E-state index contributed by atoms with van der Waals surface area (Å²) in [7, 11) is 5.11. The molecule has 0 saturated heterocycles. The summed E-state index contributed by atoms with van der Waals surface area (Å²) in [4.78, 5) is 15.2. The van der Waals surface area contributed by atoms with Gasteiger partial charge in [-0.3, -0.25) is 9.48 Å². The summed E-state index contributed by atoms with van der Waals surface area (Å²) in [5.41, 5.74) is 3.97. The molecule has 0 fully saturated rings. The van der Waals surface area contributed by atoms with Gasteiger partial charge in [0.25, 0.3) is 5.91 Å². The van der Waals surface area contributed by atoms with Crippen molar-refractivity contribution in [3.8, 4) is 11.5 Å². The molecule has 0 unspecified atom stereocenters. The Labute approximate surface area is 169 Å². The molecular formula is C22H25N3O4. The lowest BCUT2D eigenvalue weighted by Crippen LogP contribution is -2.31. The van der Waals surface area contributed by atoms with Crippen LogP contribution in [0.3, 0.4) is 0 Å². The Kier molecular flexibility index (Phi) is 5.29. The molecular weight excluding hydrogens is 370 g/mol. The molecule has 7 heteroatoms. The Morgan fingerprint density at radius 1 is 1.21 bits per heavy atom. The van der Waals surface area contributed by atoms with Gasteiger partial charge in [-0.05, 0) is 49.1 Å². The normalized spacial score (nSPS) is 12.7. The molecule has 1 aliphatic carbocycles. The van der Waals surface area contributed by atoms with Crippen molar-refractivity contribution >= 4 is 5.91 Å². The van der Waals surface area contributed by atoms with Crippen LogP contribution in [0.2, 0.25) is 0 Å². The Hall–Kier alpha value is -3.22. The third kappa shape index (κ3) is 3.72. The van der Waals surface area contributed by atoms with Crippen molar-refractivity contribution in [3.63, 3.8) is 0 Å². The maximum Gasteiger partial charge on any atom is 0.258 e. The molecule has 1 amide bonds. The molecule has 0 bridgehead atoms. The molecule has 2 heterocycles. The topological polar surface area (TPSA) is 69.7 Å². The highest BCUT2D eigenvalue weighted by atomic mass is 16.5. The first-order valence-corrected chi connectivity index (χ1v) is 9.68. The van der Waals surface area contributed by atoms with E-state index < -0.39 is 0 Å². The molecule has 0 radical (unpaired) electrons. The second-order valence-corrected chi connectivity index (χ2v) is 7.16. The number of methoxy groups -OCH3 is 2. The lowest BCUT2D eigenvalue weighted by atomic mass is 10.1. The van der Waals surface area contributed by atoms with E-state index in [4.69, 9.17) is 13.9 Å². The monoisotopic (exact) mass is 395 g/mol. The van der Waals surface area contributed by atoms with E-state index in [9.17, 15) is 4.79 Å². The smallest absolute Gasteiger partial charge is 0.258 e. The average molecular weight is 395 g/mol. The molecule has 4 rings (SSSR count). The van der Waals surface area contributed by atoms with Gasteiger partial charge in [0.05, 0.1) is 44.8 Å². The van der Waals surface area contributed by atoms with E-state index >= 15 is 0 Å². The van der Waals surface area contributed by atoms with Crippen molar-refractivity contribution in [2.24, 2.45) is 7.05 Å². The summed E-state index contributed by atoms with van der Waals surface area (Å²) in [6.07, 6.45) is 4.79. The number of aromatic nitrogens is 2. The predicted octanol–water partition coefficient (Wildman–Crippen LogP) is 3.36. The zero-order valence-electron chi connectivity index (χ0n) is 17.0. The van der Waals surface area contributed by atoms with Gasteiger partial charge in [0.2, 0.25) is 0 Å². The largest absolute Gasteiger partial charge is 0.497 e. The molecule has 29 heavy (non-hydrogen) atoms. The zero-order chi connectivity index (χ0) is 20.4. The number of furan rings is 1. The minimum atomic E-state index is -0.140. The van der Waals surface area contributed by atoms with Crippen LogP contribution in [0.1, 0.15) is 39.5 Å². The highest BCUT2D eigenvalue weighted by Gasteiger charge is 2.26. The number of benzene rings is 1. The minimum absolute atomic E-state index is 0.140. The lowest BCUT2D eigenvalue weighted by molar-refractivity contribution is 0.0711. The predicted molar refractivity (Wildman–Crippen MR) is 107 cm³/mol. The van der Waals surface area contributed by atoms with Gasteiger partial charge >= 0.3 is 0 Å². The number of nitrogens with zero attached hydrogens (tertiary/aromatic N) is 3. The highest BCUT2D eigenvalue weighted by Crippen LogP contribution is 2.29. The van der Waals surface area contributed by atoms with Gasteiger partial charge in [0, 0.05) is 18.8 Å². The maximum atomic E-state index is 13.5. The van der Waals surface area contributed by atoms with Gasteiger partial charge < -0.3 is 18.8 Å². The molecule has 152 valence electrons. The third-order valence-corrected chi connectivity index (χ3v) is 5.39. The Morgan fingerprint density at radius 2 is 2.07 bits per heavy atom. The summed E-state index contributed by atoms with van der Waals surface area (Å²) >= 11 is 0. The van der Waals surface area contributed by atoms with Crippen LogP contribution >= 0.6 is 0 Å². The standard InChI is InChI=1S/C22H25N3O4/c1-24-20-8-4-7-17(20)19(23-24)14-25(13-16-6-5-11-29-16)22(26)18-10-9-15(27-2)12-21(18)28-3/h5-6,9-12H,4,7-8,13-14H2,1-3H3. The number of carbonyl (C=O) groups is 1. The molecule has 1 aromatic carbocycles. The Balaban J connectivity index is 1.67. The summed E-state index contributed by atoms with van der Waals surface area (Å²) in [5.74, 6) is 1.69. The SMILES string of the molecule is COc1ccc(C(=O)N(Cc2ccco2)Cc2nn(C)c3c2CCC3)c(OC)c1. The molecule has 0 aliphatic heterocycles. The van der Waals surface area contributed by atoms with Gasteiger partial charge in [-0.15, -0.1) is 0 Å². The van der Waals surface area contributed by atoms with Crippen molar-refractivity contribution in [2.75, 3.05) is 14.2 Å². The van der Waals surface area contributed by atoms with Crippen LogP contribution in [0.25, 0.3) is 0 Å². The highest BCUT2D eigenvalue weighted by molar-refractivity contribution is 5.97. The van der Waals surface area contributed by atoms with Gasteiger partial charge in [-0.2, -0.15) is 5.10 Å². The number of hydrogen-bond donors (Lipinski definition) is 0. The molecule has 0 atom stereocenters. The first-order chi connectivity index (χ1) is 14.1. The summed E-state index contributed by atoms with van der Waals surface area (Å²) < 4.78 is 18.2. The fourth-order valence-electron chi connectivity index (χ4n) is 3.94. The van der Waals surface area contributed by atoms with Gasteiger partial charge in [-0.1, -0.05) is 0 Å². The van der Waals surface area contributed by atoms with Crippen LogP contribution in [-0.2, 0) is 33.0 Å². The van der Waals surface area contributed by atoms with Crippen LogP contribution in [0.4, 0.5) is 0 Å². The van der Waals surface area contributed by atoms with E-state index in [1.54, 1.807) is 43.6 Å². The molecule has 0 N–H and O–H groups in total. The number of rotatable bonds is 7. The van der Waals surface area contributed by atoms with Gasteiger partial charge in [0.15, 0.2) is 0 Å². The summed E-state index contributed by atoms with van der Waals surface area (Å²) in [5, 5.41) is 4.69. The molecule has 0 spiro atoms. The third-order valence-electron chi connectivity index (χ3n) is 5.39. The average Bonchev–Trinajstić information content (AvgIpc) is 3.47. The fraction of sp³-hybridized carbons (Fsp3) is 0.364. The van der Waals surface area contributed by atoms with Crippen molar-refractivity contribution in [3.05, 3.63) is 64.9 Å². The van der Waals surface area contributed by atoms with Crippen LogP contribution < -0.4 is 9.47 Å². The second kappa shape index (κ2) is 8.03. The first-order valence-electron chi connectivity index (χ1n) is 9.68. The van der Waals surface area contributed by atoms with Crippen LogP contribution in [0, 0.1) is 0 Å². The zero-order valence-corrected chi connectivity index (χ0v) is 17.0. The number of amides is 1. The molecule has 2 aromatic heterocycles. The quantitative estimate of drug-likeness (QED) is 0.614. The first kappa shape index (κ1) is 19.1. The van der Waals surface area contributed by atoms with Gasteiger partial charge in [0.1, 0.15) is 17.3 Å². The number of ether oxygens (including phenoxy) is 2. The number of aryl methyl sites for hydroxylation is 1. The van der Waals surface area contributed by atoms with E-state index in [2.05, 4.69) is 5.10 Å². The van der Waals surface area contributed by atoms with E-state index in [-0.39, 0.29) is 5.91 Å². The molecule has 3 aromatic rings. The number of fused-ring (bicyclic) bond motifs is 1. The minimum Gasteiger partial charge on any atom is -0.497 e. The van der Waals surface area contributed by atoms with Crippen molar-refractivity contribution < 1.29 is 18.7 Å². The van der Waals surface area contributed by atoms with E-state index in [0.717, 1.165) is 30.7 Å². The number of carbonyl (C=O) groups excluding carboxylic acids is 1. The Bertz CT molecular complexity index is 1010. The van der Waals surface area contributed by atoms with Gasteiger partial charge in [-0.25, -0.2) is 0 Å². The molecule has 7 nitrogen and oxygen atoms in total. The van der Waals surface area contributed by atoms with E-state index in [0.29, 0.717) is 30.2 Å². The molecule has 1 aliphatic rings. The van der Waals surface area contributed by atoms with E-state index in [1.807, 2.05) is 23.9 Å². The fourth-order valence-corrected chi connectivity index (χ4v) is 3.94. The maximum absolute atomic E-state index is 13.5. The van der Waals surface area contributed by atoms with E-state index in [1.165, 1.54) is 11.3 Å². The van der Waals surface area contributed by atoms with Crippen molar-refractivity contribution in [2.45, 2.75) is 32.4 Å². The summed E-state index contributed by atoms with van der Waals surface area (Å²) in [6.45, 7) is 0.768. The number of hydrogen-bond acceptors (Lipinski definition) is 5.